The van der Waals surface area contributed by atoms with Gasteiger partial charge in [0.25, 0.3) is 0 Å². The quantitative estimate of drug-likeness (QED) is 0.906. The number of aliphatic hydroxyl groups is 1. The number of aryl methyl sites for hydroxylation is 1. The molecule has 2 rings (SSSR count). The molecule has 0 saturated heterocycles. The molecule has 0 fully saturated rings. The summed E-state index contributed by atoms with van der Waals surface area (Å²) in [5.74, 6) is -0.329. The van der Waals surface area contributed by atoms with Gasteiger partial charge in [-0.25, -0.2) is 4.39 Å². The zero-order chi connectivity index (χ0) is 13.1. The maximum Gasteiger partial charge on any atom is 0.165 e. The first-order valence-corrected chi connectivity index (χ1v) is 5.56. The van der Waals surface area contributed by atoms with Crippen LogP contribution in [0.3, 0.4) is 0 Å². The van der Waals surface area contributed by atoms with Crippen molar-refractivity contribution in [1.82, 2.24) is 4.98 Å². The van der Waals surface area contributed by atoms with Gasteiger partial charge in [-0.2, -0.15) is 0 Å². The zero-order valence-corrected chi connectivity index (χ0v) is 10.2. The molecule has 0 aliphatic carbocycles. The predicted molar refractivity (Wildman–Crippen MR) is 66.0 cm³/mol. The molecule has 4 heteroatoms. The Labute approximate surface area is 105 Å². The number of benzene rings is 1. The van der Waals surface area contributed by atoms with Gasteiger partial charge >= 0.3 is 0 Å². The van der Waals surface area contributed by atoms with Gasteiger partial charge < -0.3 is 9.84 Å². The fourth-order valence-corrected chi connectivity index (χ4v) is 1.82. The number of ether oxygens (including phenoxy) is 1. The Morgan fingerprint density at radius 3 is 2.72 bits per heavy atom. The first-order valence-electron chi connectivity index (χ1n) is 5.56. The van der Waals surface area contributed by atoms with Crippen molar-refractivity contribution in [2.75, 3.05) is 7.11 Å². The molecule has 0 aliphatic heterocycles. The highest BCUT2D eigenvalue weighted by Crippen LogP contribution is 2.27. The van der Waals surface area contributed by atoms with Gasteiger partial charge in [-0.3, -0.25) is 4.98 Å². The van der Waals surface area contributed by atoms with Gasteiger partial charge in [0.15, 0.2) is 11.6 Å². The van der Waals surface area contributed by atoms with Gasteiger partial charge in [0.1, 0.15) is 6.10 Å². The third-order valence-corrected chi connectivity index (χ3v) is 2.83. The molecule has 3 nitrogen and oxygen atoms in total. The third-order valence-electron chi connectivity index (χ3n) is 2.83. The van der Waals surface area contributed by atoms with E-state index in [0.29, 0.717) is 11.1 Å². The molecule has 1 aromatic carbocycles. The van der Waals surface area contributed by atoms with Crippen molar-refractivity contribution in [3.8, 4) is 5.75 Å². The van der Waals surface area contributed by atoms with Crippen molar-refractivity contribution >= 4 is 0 Å². The van der Waals surface area contributed by atoms with E-state index in [1.807, 2.05) is 0 Å². The van der Waals surface area contributed by atoms with Crippen LogP contribution in [0.4, 0.5) is 4.39 Å². The zero-order valence-electron chi connectivity index (χ0n) is 10.2. The Balaban J connectivity index is 2.37. The lowest BCUT2D eigenvalue weighted by atomic mass is 10.0. The largest absolute Gasteiger partial charge is 0.494 e. The molecular formula is C14H14FNO2. The second-order valence-corrected chi connectivity index (χ2v) is 3.97. The monoisotopic (exact) mass is 247 g/mol. The van der Waals surface area contributed by atoms with Gasteiger partial charge in [0.05, 0.1) is 7.11 Å². The van der Waals surface area contributed by atoms with Crippen molar-refractivity contribution in [2.24, 2.45) is 0 Å². The van der Waals surface area contributed by atoms with Crippen LogP contribution in [0.5, 0.6) is 5.75 Å². The van der Waals surface area contributed by atoms with Crippen LogP contribution in [0.25, 0.3) is 0 Å². The Morgan fingerprint density at radius 1 is 1.33 bits per heavy atom. The van der Waals surface area contributed by atoms with Gasteiger partial charge in [0, 0.05) is 17.5 Å². The van der Waals surface area contributed by atoms with Crippen molar-refractivity contribution in [1.29, 1.82) is 0 Å². The third kappa shape index (κ3) is 2.33. The van der Waals surface area contributed by atoms with Gasteiger partial charge in [0.2, 0.25) is 0 Å². The van der Waals surface area contributed by atoms with Crippen molar-refractivity contribution in [2.45, 2.75) is 13.0 Å². The fourth-order valence-electron chi connectivity index (χ4n) is 1.82. The normalized spacial score (nSPS) is 12.2. The molecule has 0 saturated carbocycles. The summed E-state index contributed by atoms with van der Waals surface area (Å²) in [6.45, 7) is 1.80. The summed E-state index contributed by atoms with van der Waals surface area (Å²) in [4.78, 5) is 4.10. The number of nitrogens with zero attached hydrogens (tertiary/aromatic N) is 1. The minimum atomic E-state index is -0.890. The van der Waals surface area contributed by atoms with E-state index in [0.717, 1.165) is 5.69 Å². The fraction of sp³-hybridized carbons (Fsp3) is 0.214. The molecule has 0 aliphatic rings. The van der Waals surface area contributed by atoms with E-state index >= 15 is 0 Å². The number of methoxy groups -OCH3 is 1. The minimum Gasteiger partial charge on any atom is -0.494 e. The summed E-state index contributed by atoms with van der Waals surface area (Å²) >= 11 is 0. The van der Waals surface area contributed by atoms with Crippen LogP contribution in [0.1, 0.15) is 22.9 Å². The molecular weight excluding hydrogens is 233 g/mol. The van der Waals surface area contributed by atoms with E-state index in [1.54, 1.807) is 31.3 Å². The first-order chi connectivity index (χ1) is 8.63. The highest BCUT2D eigenvalue weighted by atomic mass is 19.1. The molecule has 2 aromatic rings. The molecule has 94 valence electrons. The number of aliphatic hydroxyl groups excluding tert-OH is 1. The smallest absolute Gasteiger partial charge is 0.165 e. The van der Waals surface area contributed by atoms with E-state index in [4.69, 9.17) is 4.74 Å². The SMILES string of the molecule is COc1ccc(C(O)c2cccnc2C)cc1F. The molecule has 0 amide bonds. The molecule has 0 bridgehead atoms. The Morgan fingerprint density at radius 2 is 2.11 bits per heavy atom. The highest BCUT2D eigenvalue weighted by Gasteiger charge is 2.15. The summed E-state index contributed by atoms with van der Waals surface area (Å²) in [5, 5.41) is 10.2. The summed E-state index contributed by atoms with van der Waals surface area (Å²) in [6, 6.07) is 7.93. The first kappa shape index (κ1) is 12.5. The van der Waals surface area contributed by atoms with Crippen LogP contribution >= 0.6 is 0 Å². The van der Waals surface area contributed by atoms with Crippen molar-refractivity contribution in [3.05, 3.63) is 59.2 Å². The molecule has 18 heavy (non-hydrogen) atoms. The number of hydrogen-bond donors (Lipinski definition) is 1. The topological polar surface area (TPSA) is 42.4 Å². The standard InChI is InChI=1S/C14H14FNO2/c1-9-11(4-3-7-16-9)14(17)10-5-6-13(18-2)12(15)8-10/h3-8,14,17H,1-2H3. The summed E-state index contributed by atoms with van der Waals surface area (Å²) in [5.41, 5.74) is 1.87. The Bertz CT molecular complexity index is 557. The van der Waals surface area contributed by atoms with Crippen LogP contribution in [0.2, 0.25) is 0 Å². The lowest BCUT2D eigenvalue weighted by Gasteiger charge is -2.14. The average molecular weight is 247 g/mol. The van der Waals surface area contributed by atoms with E-state index in [1.165, 1.54) is 19.2 Å². The lowest BCUT2D eigenvalue weighted by Crippen LogP contribution is -2.04. The summed E-state index contributed by atoms with van der Waals surface area (Å²) in [7, 11) is 1.40. The summed E-state index contributed by atoms with van der Waals surface area (Å²) < 4.78 is 18.4. The molecule has 1 atom stereocenters. The summed E-state index contributed by atoms with van der Waals surface area (Å²) in [6.07, 6.45) is 0.763. The molecule has 0 spiro atoms. The number of pyridine rings is 1. The van der Waals surface area contributed by atoms with Crippen LogP contribution in [-0.2, 0) is 0 Å². The Kier molecular flexibility index (Phi) is 3.58. The molecule has 1 aromatic heterocycles. The maximum atomic E-state index is 13.6. The van der Waals surface area contributed by atoms with Gasteiger partial charge in [-0.1, -0.05) is 12.1 Å². The number of halogens is 1. The van der Waals surface area contributed by atoms with E-state index in [9.17, 15) is 9.50 Å². The second-order valence-electron chi connectivity index (χ2n) is 3.97. The predicted octanol–water partition coefficient (Wildman–Crippen LogP) is 2.62. The number of aromatic nitrogens is 1. The molecule has 1 unspecified atom stereocenters. The van der Waals surface area contributed by atoms with E-state index < -0.39 is 11.9 Å². The second kappa shape index (κ2) is 5.14. The van der Waals surface area contributed by atoms with Gasteiger partial charge in [-0.15, -0.1) is 0 Å². The van der Waals surface area contributed by atoms with Gasteiger partial charge in [-0.05, 0) is 30.7 Å². The van der Waals surface area contributed by atoms with Crippen LogP contribution < -0.4 is 4.74 Å². The van der Waals surface area contributed by atoms with Crippen molar-refractivity contribution < 1.29 is 14.2 Å². The van der Waals surface area contributed by atoms with E-state index in [-0.39, 0.29) is 5.75 Å². The minimum absolute atomic E-state index is 0.161. The maximum absolute atomic E-state index is 13.6. The lowest BCUT2D eigenvalue weighted by molar-refractivity contribution is 0.218. The molecule has 1 heterocycles. The van der Waals surface area contributed by atoms with Crippen LogP contribution in [0, 0.1) is 12.7 Å². The van der Waals surface area contributed by atoms with Crippen LogP contribution in [0.15, 0.2) is 36.5 Å². The molecule has 1 N–H and O–H groups in total. The Hall–Kier alpha value is -1.94. The molecule has 0 radical (unpaired) electrons. The number of hydrogen-bond acceptors (Lipinski definition) is 3. The number of rotatable bonds is 3. The van der Waals surface area contributed by atoms with Crippen LogP contribution in [-0.4, -0.2) is 17.2 Å². The van der Waals surface area contributed by atoms with Crippen molar-refractivity contribution in [3.63, 3.8) is 0 Å². The average Bonchev–Trinajstić information content (AvgIpc) is 2.38. The highest BCUT2D eigenvalue weighted by molar-refractivity contribution is 5.36. The van der Waals surface area contributed by atoms with E-state index in [2.05, 4.69) is 4.98 Å².